The second-order valence-electron chi connectivity index (χ2n) is 5.26. The van der Waals surface area contributed by atoms with Crippen molar-refractivity contribution in [3.63, 3.8) is 0 Å². The van der Waals surface area contributed by atoms with Crippen molar-refractivity contribution >= 4 is 38.6 Å². The first-order valence-electron chi connectivity index (χ1n) is 6.66. The molecule has 0 radical (unpaired) electrons. The molecule has 19 heavy (non-hydrogen) atoms. The van der Waals surface area contributed by atoms with E-state index in [-0.39, 0.29) is 0 Å². The molecule has 1 fully saturated rings. The molecule has 102 valence electrons. The summed E-state index contributed by atoms with van der Waals surface area (Å²) in [5, 5.41) is 3.63. The monoisotopic (exact) mass is 339 g/mol. The first kappa shape index (κ1) is 13.5. The number of hydrogen-bond acceptors (Lipinski definition) is 2. The summed E-state index contributed by atoms with van der Waals surface area (Å²) in [6.45, 7) is 1.80. The van der Waals surface area contributed by atoms with Crippen molar-refractivity contribution in [2.75, 3.05) is 24.3 Å². The summed E-state index contributed by atoms with van der Waals surface area (Å²) < 4.78 is 5.49. The van der Waals surface area contributed by atoms with E-state index in [1.165, 1.54) is 15.9 Å². The van der Waals surface area contributed by atoms with Gasteiger partial charge >= 0.3 is 0 Å². The highest BCUT2D eigenvalue weighted by Crippen LogP contribution is 2.38. The molecule has 2 aromatic rings. The molecule has 1 aliphatic heterocycles. The molecule has 0 aliphatic carbocycles. The molecule has 0 atom stereocenters. The fourth-order valence-electron chi connectivity index (χ4n) is 2.48. The maximum atomic E-state index is 5.49. The third-order valence-corrected chi connectivity index (χ3v) is 6.35. The molecule has 0 amide bonds. The average molecular weight is 340 g/mol. The van der Waals surface area contributed by atoms with Gasteiger partial charge in [0.25, 0.3) is 0 Å². The molecule has 0 spiro atoms. The summed E-state index contributed by atoms with van der Waals surface area (Å²) in [6.07, 6.45) is 2.32. The number of aromatic amines is 1. The van der Waals surface area contributed by atoms with Crippen LogP contribution in [0.25, 0.3) is 10.9 Å². The van der Waals surface area contributed by atoms with E-state index in [1.807, 2.05) is 11.8 Å². The first-order chi connectivity index (χ1) is 9.31. The van der Waals surface area contributed by atoms with Crippen molar-refractivity contribution in [1.29, 1.82) is 0 Å². The highest BCUT2D eigenvalue weighted by Gasteiger charge is 2.31. The van der Waals surface area contributed by atoms with E-state index in [2.05, 4.69) is 51.2 Å². The van der Waals surface area contributed by atoms with Crippen LogP contribution in [0.5, 0.6) is 0 Å². The molecule has 1 aliphatic rings. The van der Waals surface area contributed by atoms with Gasteiger partial charge in [0.2, 0.25) is 0 Å². The molecule has 1 aromatic carbocycles. The number of rotatable bonds is 4. The highest BCUT2D eigenvalue weighted by atomic mass is 79.9. The predicted molar refractivity (Wildman–Crippen MR) is 85.3 cm³/mol. The van der Waals surface area contributed by atoms with E-state index >= 15 is 0 Å². The van der Waals surface area contributed by atoms with Crippen molar-refractivity contribution < 1.29 is 4.74 Å². The molecule has 4 heteroatoms. The SMILES string of the molecule is BrCC1(CSc2cc3ccccc3[nH]2)CCOCC1. The Hall–Kier alpha value is -0.450. The van der Waals surface area contributed by atoms with Gasteiger partial charge in [-0.15, -0.1) is 11.8 Å². The lowest BCUT2D eigenvalue weighted by Crippen LogP contribution is -2.33. The number of fused-ring (bicyclic) bond motifs is 1. The van der Waals surface area contributed by atoms with Crippen LogP contribution in [0.4, 0.5) is 0 Å². The Morgan fingerprint density at radius 3 is 2.79 bits per heavy atom. The number of alkyl halides is 1. The van der Waals surface area contributed by atoms with Crippen LogP contribution < -0.4 is 0 Å². The maximum Gasteiger partial charge on any atom is 0.0732 e. The molecule has 0 bridgehead atoms. The fraction of sp³-hybridized carbons (Fsp3) is 0.467. The van der Waals surface area contributed by atoms with E-state index in [1.54, 1.807) is 0 Å². The zero-order chi connectivity index (χ0) is 13.1. The normalized spacial score (nSPS) is 18.8. The number of aromatic nitrogens is 1. The predicted octanol–water partition coefficient (Wildman–Crippen LogP) is 4.45. The third-order valence-electron chi connectivity index (χ3n) is 3.88. The fourth-order valence-corrected chi connectivity index (χ4v) is 4.74. The Morgan fingerprint density at radius 2 is 2.05 bits per heavy atom. The summed E-state index contributed by atoms with van der Waals surface area (Å²) >= 11 is 5.63. The molecule has 1 aromatic heterocycles. The van der Waals surface area contributed by atoms with Gasteiger partial charge in [0.1, 0.15) is 0 Å². The van der Waals surface area contributed by atoms with Gasteiger partial charge in [0.15, 0.2) is 0 Å². The molecular weight excluding hydrogens is 322 g/mol. The average Bonchev–Trinajstić information content (AvgIpc) is 2.89. The smallest absolute Gasteiger partial charge is 0.0732 e. The lowest BCUT2D eigenvalue weighted by Gasteiger charge is -2.35. The van der Waals surface area contributed by atoms with Gasteiger partial charge in [0.05, 0.1) is 5.03 Å². The second kappa shape index (κ2) is 5.90. The minimum Gasteiger partial charge on any atom is -0.381 e. The zero-order valence-electron chi connectivity index (χ0n) is 10.8. The van der Waals surface area contributed by atoms with E-state index in [0.717, 1.165) is 37.1 Å². The Labute approximate surface area is 126 Å². The number of nitrogens with one attached hydrogen (secondary N) is 1. The van der Waals surface area contributed by atoms with E-state index in [4.69, 9.17) is 4.74 Å². The number of halogens is 1. The molecule has 3 rings (SSSR count). The highest BCUT2D eigenvalue weighted by molar-refractivity contribution is 9.09. The number of hydrogen-bond donors (Lipinski definition) is 1. The lowest BCUT2D eigenvalue weighted by molar-refractivity contribution is 0.0374. The van der Waals surface area contributed by atoms with Crippen LogP contribution in [0.2, 0.25) is 0 Å². The van der Waals surface area contributed by atoms with Gasteiger partial charge in [-0.2, -0.15) is 0 Å². The Kier molecular flexibility index (Phi) is 4.20. The summed E-state index contributed by atoms with van der Waals surface area (Å²) in [5.74, 6) is 1.15. The Morgan fingerprint density at radius 1 is 1.26 bits per heavy atom. The minimum atomic E-state index is 0.389. The van der Waals surface area contributed by atoms with Crippen LogP contribution >= 0.6 is 27.7 Å². The van der Waals surface area contributed by atoms with Crippen molar-refractivity contribution in [2.45, 2.75) is 17.9 Å². The standard InChI is InChI=1S/C15H18BrNOS/c16-10-15(5-7-18-8-6-15)11-19-14-9-12-3-1-2-4-13(12)17-14/h1-4,9,17H,5-8,10-11H2. The van der Waals surface area contributed by atoms with E-state index < -0.39 is 0 Å². The summed E-state index contributed by atoms with van der Waals surface area (Å²) in [7, 11) is 0. The zero-order valence-corrected chi connectivity index (χ0v) is 13.2. The van der Waals surface area contributed by atoms with Gasteiger partial charge in [-0.1, -0.05) is 34.1 Å². The molecule has 0 unspecified atom stereocenters. The van der Waals surface area contributed by atoms with Crippen LogP contribution in [-0.2, 0) is 4.74 Å². The molecule has 1 saturated heterocycles. The summed E-state index contributed by atoms with van der Waals surface area (Å²) in [6, 6.07) is 10.7. The Bertz CT molecular complexity index is 515. The first-order valence-corrected chi connectivity index (χ1v) is 8.76. The number of benzene rings is 1. The topological polar surface area (TPSA) is 25.0 Å². The van der Waals surface area contributed by atoms with Gasteiger partial charge in [-0.25, -0.2) is 0 Å². The van der Waals surface area contributed by atoms with E-state index in [9.17, 15) is 0 Å². The second-order valence-corrected chi connectivity index (χ2v) is 6.83. The van der Waals surface area contributed by atoms with Crippen molar-refractivity contribution in [2.24, 2.45) is 5.41 Å². The third kappa shape index (κ3) is 3.01. The van der Waals surface area contributed by atoms with Gasteiger partial charge in [-0.3, -0.25) is 0 Å². The van der Waals surface area contributed by atoms with Gasteiger partial charge < -0.3 is 9.72 Å². The molecule has 2 nitrogen and oxygen atoms in total. The number of ether oxygens (including phenoxy) is 1. The number of thioether (sulfide) groups is 1. The van der Waals surface area contributed by atoms with Crippen LogP contribution in [0, 0.1) is 5.41 Å². The molecule has 2 heterocycles. The summed E-state index contributed by atoms with van der Waals surface area (Å²) in [4.78, 5) is 3.49. The van der Waals surface area contributed by atoms with E-state index in [0.29, 0.717) is 5.41 Å². The Balaban J connectivity index is 1.70. The molecule has 0 saturated carbocycles. The minimum absolute atomic E-state index is 0.389. The van der Waals surface area contributed by atoms with Crippen molar-refractivity contribution in [3.05, 3.63) is 30.3 Å². The molecule has 1 N–H and O–H groups in total. The maximum absolute atomic E-state index is 5.49. The largest absolute Gasteiger partial charge is 0.381 e. The lowest BCUT2D eigenvalue weighted by atomic mass is 9.85. The van der Waals surface area contributed by atoms with Crippen LogP contribution in [0.3, 0.4) is 0 Å². The number of para-hydroxylation sites is 1. The molecular formula is C15H18BrNOS. The van der Waals surface area contributed by atoms with Gasteiger partial charge in [0, 0.05) is 35.2 Å². The number of H-pyrrole nitrogens is 1. The summed E-state index contributed by atoms with van der Waals surface area (Å²) in [5.41, 5.74) is 1.62. The van der Waals surface area contributed by atoms with Crippen LogP contribution in [0.1, 0.15) is 12.8 Å². The van der Waals surface area contributed by atoms with Gasteiger partial charge in [-0.05, 0) is 30.4 Å². The van der Waals surface area contributed by atoms with Crippen LogP contribution in [-0.4, -0.2) is 29.3 Å². The van der Waals surface area contributed by atoms with Crippen LogP contribution in [0.15, 0.2) is 35.4 Å². The quantitative estimate of drug-likeness (QED) is 0.657. The van der Waals surface area contributed by atoms with Crippen molar-refractivity contribution in [3.8, 4) is 0 Å². The van der Waals surface area contributed by atoms with Crippen molar-refractivity contribution in [1.82, 2.24) is 4.98 Å².